The van der Waals surface area contributed by atoms with Crippen LogP contribution < -0.4 is 10.2 Å². The summed E-state index contributed by atoms with van der Waals surface area (Å²) in [7, 11) is 0. The van der Waals surface area contributed by atoms with E-state index in [2.05, 4.69) is 49.9 Å². The van der Waals surface area contributed by atoms with Crippen molar-refractivity contribution >= 4 is 5.82 Å². The van der Waals surface area contributed by atoms with Gasteiger partial charge < -0.3 is 10.2 Å². The van der Waals surface area contributed by atoms with Crippen LogP contribution in [-0.2, 0) is 0 Å². The van der Waals surface area contributed by atoms with Crippen LogP contribution >= 0.6 is 0 Å². The van der Waals surface area contributed by atoms with E-state index >= 15 is 0 Å². The van der Waals surface area contributed by atoms with Crippen molar-refractivity contribution in [2.24, 2.45) is 0 Å². The number of anilines is 1. The summed E-state index contributed by atoms with van der Waals surface area (Å²) in [5.41, 5.74) is 1.29. The zero-order valence-corrected chi connectivity index (χ0v) is 10.0. The molecule has 1 unspecified atom stereocenters. The van der Waals surface area contributed by atoms with Crippen molar-refractivity contribution in [1.82, 2.24) is 20.7 Å². The number of hydrogen-bond donors (Lipinski definition) is 1. The minimum atomic E-state index is 0.302. The number of benzene rings is 1. The monoisotopic (exact) mass is 241 g/mol. The zero-order chi connectivity index (χ0) is 12.2. The molecule has 18 heavy (non-hydrogen) atoms. The Hall–Kier alpha value is -2.01. The van der Waals surface area contributed by atoms with Crippen LogP contribution in [0.1, 0.15) is 11.6 Å². The Balaban J connectivity index is 1.92. The minimum Gasteiger partial charge on any atom is -0.345 e. The quantitative estimate of drug-likeness (QED) is 0.851. The van der Waals surface area contributed by atoms with Crippen molar-refractivity contribution in [3.8, 4) is 0 Å². The third-order valence-electron chi connectivity index (χ3n) is 3.21. The largest absolute Gasteiger partial charge is 0.345 e. The minimum absolute atomic E-state index is 0.302. The second-order valence-electron chi connectivity index (χ2n) is 4.30. The van der Waals surface area contributed by atoms with Crippen LogP contribution in [0, 0.1) is 0 Å². The van der Waals surface area contributed by atoms with E-state index in [0.29, 0.717) is 6.04 Å². The van der Waals surface area contributed by atoms with Gasteiger partial charge in [-0.2, -0.15) is 0 Å². The van der Waals surface area contributed by atoms with Crippen molar-refractivity contribution in [1.29, 1.82) is 0 Å². The highest BCUT2D eigenvalue weighted by atomic mass is 15.4. The van der Waals surface area contributed by atoms with E-state index in [1.165, 1.54) is 5.56 Å². The maximum atomic E-state index is 4.12. The molecule has 1 aromatic carbocycles. The third kappa shape index (κ3) is 2.17. The Morgan fingerprint density at radius 3 is 2.83 bits per heavy atom. The lowest BCUT2D eigenvalue weighted by Crippen LogP contribution is -2.46. The number of hydrogen-bond acceptors (Lipinski definition) is 5. The molecular weight excluding hydrogens is 226 g/mol. The van der Waals surface area contributed by atoms with Gasteiger partial charge in [0, 0.05) is 25.7 Å². The van der Waals surface area contributed by atoms with Gasteiger partial charge >= 0.3 is 0 Å². The van der Waals surface area contributed by atoms with Crippen LogP contribution in [0.2, 0.25) is 0 Å². The first-order chi connectivity index (χ1) is 8.95. The molecule has 1 saturated heterocycles. The molecule has 0 aliphatic carbocycles. The zero-order valence-electron chi connectivity index (χ0n) is 10.0. The van der Waals surface area contributed by atoms with E-state index in [0.717, 1.165) is 25.5 Å². The van der Waals surface area contributed by atoms with Gasteiger partial charge in [-0.1, -0.05) is 30.3 Å². The second-order valence-corrected chi connectivity index (χ2v) is 4.30. The molecule has 3 rings (SSSR count). The Labute approximate surface area is 106 Å². The van der Waals surface area contributed by atoms with Gasteiger partial charge in [0.05, 0.1) is 12.2 Å². The topological polar surface area (TPSA) is 53.9 Å². The number of rotatable bonds is 2. The molecule has 1 atom stereocenters. The molecule has 1 aromatic heterocycles. The van der Waals surface area contributed by atoms with Gasteiger partial charge in [-0.05, 0) is 10.8 Å². The summed E-state index contributed by atoms with van der Waals surface area (Å²) in [5.74, 6) is 0.889. The van der Waals surface area contributed by atoms with Crippen LogP contribution in [0.15, 0.2) is 42.6 Å². The maximum absolute atomic E-state index is 4.12. The fourth-order valence-electron chi connectivity index (χ4n) is 2.34. The number of aromatic nitrogens is 3. The Kier molecular flexibility index (Phi) is 3.14. The van der Waals surface area contributed by atoms with Crippen LogP contribution in [0.25, 0.3) is 0 Å². The molecule has 0 radical (unpaired) electrons. The molecular formula is C13H15N5. The molecule has 0 amide bonds. The summed E-state index contributed by atoms with van der Waals surface area (Å²) < 4.78 is 0. The Morgan fingerprint density at radius 2 is 2.06 bits per heavy atom. The van der Waals surface area contributed by atoms with E-state index in [1.54, 1.807) is 6.20 Å². The fraction of sp³-hybridized carbons (Fsp3) is 0.308. The van der Waals surface area contributed by atoms with E-state index in [4.69, 9.17) is 0 Å². The van der Waals surface area contributed by atoms with Crippen LogP contribution in [0.4, 0.5) is 5.82 Å². The third-order valence-corrected chi connectivity index (χ3v) is 3.21. The van der Waals surface area contributed by atoms with Gasteiger partial charge in [0.2, 0.25) is 0 Å². The molecule has 2 aromatic rings. The summed E-state index contributed by atoms with van der Waals surface area (Å²) in [6, 6.07) is 12.7. The van der Waals surface area contributed by atoms with Crippen LogP contribution in [0.3, 0.4) is 0 Å². The van der Waals surface area contributed by atoms with Gasteiger partial charge in [0.15, 0.2) is 5.82 Å². The van der Waals surface area contributed by atoms with Gasteiger partial charge in [0.1, 0.15) is 0 Å². The molecule has 5 heteroatoms. The molecule has 0 saturated carbocycles. The molecule has 92 valence electrons. The predicted molar refractivity (Wildman–Crippen MR) is 69.2 cm³/mol. The molecule has 0 spiro atoms. The lowest BCUT2D eigenvalue weighted by atomic mass is 10.0. The molecule has 0 bridgehead atoms. The first kappa shape index (κ1) is 11.1. The van der Waals surface area contributed by atoms with Gasteiger partial charge in [0.25, 0.3) is 0 Å². The summed E-state index contributed by atoms with van der Waals surface area (Å²) in [6.07, 6.45) is 1.69. The lowest BCUT2D eigenvalue weighted by Gasteiger charge is -2.37. The highest BCUT2D eigenvalue weighted by Gasteiger charge is 2.24. The normalized spacial score (nSPS) is 19.8. The second kappa shape index (κ2) is 5.10. The first-order valence-corrected chi connectivity index (χ1v) is 6.12. The molecule has 5 nitrogen and oxygen atoms in total. The summed E-state index contributed by atoms with van der Waals surface area (Å²) in [5, 5.41) is 15.0. The smallest absolute Gasteiger partial charge is 0.155 e. The Morgan fingerprint density at radius 1 is 1.17 bits per heavy atom. The van der Waals surface area contributed by atoms with Gasteiger partial charge in [-0.15, -0.1) is 10.2 Å². The van der Waals surface area contributed by atoms with E-state index in [-0.39, 0.29) is 0 Å². The first-order valence-electron chi connectivity index (χ1n) is 6.12. The SMILES string of the molecule is c1ccc(C2CNCCN2c2ccnnn2)cc1. The average molecular weight is 241 g/mol. The van der Waals surface area contributed by atoms with Crippen molar-refractivity contribution in [3.63, 3.8) is 0 Å². The van der Waals surface area contributed by atoms with Crippen molar-refractivity contribution < 1.29 is 0 Å². The number of nitrogens with zero attached hydrogens (tertiary/aromatic N) is 4. The predicted octanol–water partition coefficient (Wildman–Crippen LogP) is 1.02. The van der Waals surface area contributed by atoms with Crippen LogP contribution in [-0.4, -0.2) is 35.0 Å². The highest BCUT2D eigenvalue weighted by Crippen LogP contribution is 2.25. The van der Waals surface area contributed by atoms with E-state index in [9.17, 15) is 0 Å². The number of piperazine rings is 1. The molecule has 1 N–H and O–H groups in total. The lowest BCUT2D eigenvalue weighted by molar-refractivity contribution is 0.483. The maximum Gasteiger partial charge on any atom is 0.155 e. The molecule has 2 heterocycles. The summed E-state index contributed by atoms with van der Waals surface area (Å²) in [4.78, 5) is 2.28. The standard InChI is InChI=1S/C13H15N5/c1-2-4-11(5-3-1)12-10-14-8-9-18(12)13-6-7-15-17-16-13/h1-7,12,14H,8-10H2. The molecule has 1 aliphatic rings. The molecule has 1 aliphatic heterocycles. The van der Waals surface area contributed by atoms with Crippen molar-refractivity contribution in [3.05, 3.63) is 48.2 Å². The van der Waals surface area contributed by atoms with E-state index < -0.39 is 0 Å². The van der Waals surface area contributed by atoms with Crippen molar-refractivity contribution in [2.75, 3.05) is 24.5 Å². The van der Waals surface area contributed by atoms with E-state index in [1.807, 2.05) is 12.1 Å². The van der Waals surface area contributed by atoms with Crippen LogP contribution in [0.5, 0.6) is 0 Å². The van der Waals surface area contributed by atoms with Gasteiger partial charge in [-0.25, -0.2) is 0 Å². The highest BCUT2D eigenvalue weighted by molar-refractivity contribution is 5.41. The summed E-state index contributed by atoms with van der Waals surface area (Å²) in [6.45, 7) is 2.82. The average Bonchev–Trinajstić information content (AvgIpc) is 2.49. The van der Waals surface area contributed by atoms with Crippen molar-refractivity contribution in [2.45, 2.75) is 6.04 Å². The molecule has 1 fully saturated rings. The Bertz CT molecular complexity index is 440. The number of nitrogens with one attached hydrogen (secondary N) is 1. The fourth-order valence-corrected chi connectivity index (χ4v) is 2.34. The summed E-state index contributed by atoms with van der Waals surface area (Å²) >= 11 is 0. The van der Waals surface area contributed by atoms with Gasteiger partial charge in [-0.3, -0.25) is 0 Å².